The number of thioether (sulfide) groups is 1. The van der Waals surface area contributed by atoms with E-state index in [-0.39, 0.29) is 27.6 Å². The zero-order chi connectivity index (χ0) is 24.1. The van der Waals surface area contributed by atoms with Crippen LogP contribution in [0.25, 0.3) is 0 Å². The van der Waals surface area contributed by atoms with Crippen molar-refractivity contribution in [2.24, 2.45) is 22.6 Å². The third kappa shape index (κ3) is 4.22. The highest BCUT2D eigenvalue weighted by Gasteiger charge is 2.66. The average molecular weight is 490 g/mol. The maximum atomic E-state index is 15.0. The van der Waals surface area contributed by atoms with Crippen LogP contribution in [-0.4, -0.2) is 46.1 Å². The summed E-state index contributed by atoms with van der Waals surface area (Å²) in [7, 11) is 1.59. The van der Waals surface area contributed by atoms with Gasteiger partial charge in [0.25, 0.3) is 5.91 Å². The summed E-state index contributed by atoms with van der Waals surface area (Å²) >= 11 is 1.41. The van der Waals surface area contributed by atoms with Gasteiger partial charge in [-0.25, -0.2) is 18.7 Å². The molecule has 180 valence electrons. The number of amides is 1. The van der Waals surface area contributed by atoms with Crippen molar-refractivity contribution in [3.05, 3.63) is 47.4 Å². The number of carbonyl (C=O) groups excluding carboxylic acids is 1. The molecule has 0 radical (unpaired) electrons. The molecule has 2 heterocycles. The minimum Gasteiger partial charge on any atom is -0.476 e. The molecule has 5 rings (SSSR count). The molecule has 2 aromatic rings. The number of anilines is 1. The number of aliphatic imine (C=N–C) groups is 1. The third-order valence-corrected chi connectivity index (χ3v) is 7.87. The summed E-state index contributed by atoms with van der Waals surface area (Å²) in [4.78, 5) is 25.4. The van der Waals surface area contributed by atoms with Crippen molar-refractivity contribution in [1.82, 2.24) is 9.97 Å². The van der Waals surface area contributed by atoms with Gasteiger partial charge in [0, 0.05) is 30.3 Å². The predicted octanol–water partition coefficient (Wildman–Crippen LogP) is 3.48. The molecule has 1 aromatic heterocycles. The molecule has 2 saturated carbocycles. The Hall–Kier alpha value is -2.79. The van der Waals surface area contributed by atoms with Crippen LogP contribution in [0, 0.1) is 23.5 Å². The Balaban J connectivity index is 1.37. The quantitative estimate of drug-likeness (QED) is 0.584. The summed E-state index contributed by atoms with van der Waals surface area (Å²) in [6.07, 6.45) is 5.65. The second-order valence-electron chi connectivity index (χ2n) is 9.22. The van der Waals surface area contributed by atoms with Crippen LogP contribution in [0.2, 0.25) is 0 Å². The molecular weight excluding hydrogens is 464 g/mol. The van der Waals surface area contributed by atoms with Crippen molar-refractivity contribution in [3.63, 3.8) is 0 Å². The zero-order valence-electron chi connectivity index (χ0n) is 18.8. The Bertz CT molecular complexity index is 1160. The molecule has 1 aromatic carbocycles. The van der Waals surface area contributed by atoms with Gasteiger partial charge in [0.15, 0.2) is 16.8 Å². The summed E-state index contributed by atoms with van der Waals surface area (Å²) in [5, 5.41) is 2.87. The number of nitrogens with zero attached hydrogens (tertiary/aromatic N) is 3. The number of aromatic nitrogens is 2. The van der Waals surface area contributed by atoms with E-state index in [0.29, 0.717) is 36.6 Å². The topological polar surface area (TPSA) is 112 Å². The lowest BCUT2D eigenvalue weighted by Gasteiger charge is -2.34. The van der Waals surface area contributed by atoms with Gasteiger partial charge >= 0.3 is 0 Å². The standard InChI is InChI=1S/C23H25F2N5O3S/c1-22(17-7-23(17,11-32-2)34-21(26)30-22)14-5-13(6-15(24)19(14)25)29-20(31)16-8-28-18(9-27-16)33-10-12-3-4-12/h5-6,8-9,12,17H,3-4,7,10-11H2,1-2H3,(H2,26,30)(H,29,31)/t17-,22+,23+/m0/s1. The molecule has 2 fully saturated rings. The van der Waals surface area contributed by atoms with Crippen LogP contribution < -0.4 is 15.8 Å². The van der Waals surface area contributed by atoms with Gasteiger partial charge in [-0.2, -0.15) is 0 Å². The van der Waals surface area contributed by atoms with Gasteiger partial charge in [0.05, 0.1) is 35.9 Å². The van der Waals surface area contributed by atoms with Gasteiger partial charge in [-0.3, -0.25) is 9.79 Å². The van der Waals surface area contributed by atoms with E-state index >= 15 is 4.39 Å². The number of nitrogens with two attached hydrogens (primary N) is 1. The van der Waals surface area contributed by atoms with E-state index in [1.54, 1.807) is 14.0 Å². The second kappa shape index (κ2) is 8.46. The van der Waals surface area contributed by atoms with Crippen LogP contribution in [0.3, 0.4) is 0 Å². The van der Waals surface area contributed by atoms with E-state index in [1.807, 2.05) is 0 Å². The minimum atomic E-state index is -1.10. The largest absolute Gasteiger partial charge is 0.476 e. The number of rotatable bonds is 8. The number of methoxy groups -OCH3 is 1. The number of fused-ring (bicyclic) bond motifs is 1. The fourth-order valence-electron chi connectivity index (χ4n) is 4.55. The molecule has 0 unspecified atom stereocenters. The first-order chi connectivity index (χ1) is 16.2. The van der Waals surface area contributed by atoms with Gasteiger partial charge < -0.3 is 20.5 Å². The number of nitrogens with one attached hydrogen (secondary N) is 1. The van der Waals surface area contributed by atoms with Crippen molar-refractivity contribution >= 4 is 28.5 Å². The molecule has 11 heteroatoms. The van der Waals surface area contributed by atoms with E-state index in [2.05, 4.69) is 20.3 Å². The van der Waals surface area contributed by atoms with Gasteiger partial charge in [0.1, 0.15) is 5.69 Å². The highest BCUT2D eigenvalue weighted by atomic mass is 32.2. The summed E-state index contributed by atoms with van der Waals surface area (Å²) in [5.74, 6) is -1.90. The number of ether oxygens (including phenoxy) is 2. The third-order valence-electron chi connectivity index (χ3n) is 6.60. The number of halogens is 2. The minimum absolute atomic E-state index is 0.0221. The Labute approximate surface area is 199 Å². The lowest BCUT2D eigenvalue weighted by atomic mass is 9.85. The van der Waals surface area contributed by atoms with Crippen molar-refractivity contribution in [1.29, 1.82) is 0 Å². The van der Waals surface area contributed by atoms with E-state index in [1.165, 1.54) is 30.2 Å². The zero-order valence-corrected chi connectivity index (χ0v) is 19.6. The average Bonchev–Trinajstić information content (AvgIpc) is 3.71. The number of amidine groups is 1. The molecule has 34 heavy (non-hydrogen) atoms. The predicted molar refractivity (Wildman–Crippen MR) is 124 cm³/mol. The summed E-state index contributed by atoms with van der Waals surface area (Å²) < 4.78 is 40.2. The molecule has 1 amide bonds. The molecule has 8 nitrogen and oxygen atoms in total. The normalized spacial score (nSPS) is 27.5. The van der Waals surface area contributed by atoms with Crippen LogP contribution in [0.15, 0.2) is 29.5 Å². The maximum Gasteiger partial charge on any atom is 0.275 e. The molecule has 3 aliphatic rings. The van der Waals surface area contributed by atoms with Crippen molar-refractivity contribution in [2.45, 2.75) is 36.5 Å². The first kappa shape index (κ1) is 23.0. The first-order valence-electron chi connectivity index (χ1n) is 11.0. The van der Waals surface area contributed by atoms with Crippen LogP contribution in [-0.2, 0) is 10.3 Å². The van der Waals surface area contributed by atoms with Crippen LogP contribution in [0.4, 0.5) is 14.5 Å². The Morgan fingerprint density at radius 3 is 2.76 bits per heavy atom. The second-order valence-corrected chi connectivity index (χ2v) is 10.7. The molecule has 1 aliphatic heterocycles. The fourth-order valence-corrected chi connectivity index (χ4v) is 6.00. The van der Waals surface area contributed by atoms with Gasteiger partial charge in [-0.15, -0.1) is 0 Å². The summed E-state index contributed by atoms with van der Waals surface area (Å²) in [6, 6.07) is 2.33. The number of carbonyl (C=O) groups is 1. The lowest BCUT2D eigenvalue weighted by Crippen LogP contribution is -2.38. The highest BCUT2D eigenvalue weighted by Crippen LogP contribution is 2.66. The Morgan fingerprint density at radius 2 is 2.09 bits per heavy atom. The summed E-state index contributed by atoms with van der Waals surface area (Å²) in [5.41, 5.74) is 5.10. The van der Waals surface area contributed by atoms with Gasteiger partial charge in [-0.1, -0.05) is 11.8 Å². The highest BCUT2D eigenvalue weighted by molar-refractivity contribution is 8.15. The van der Waals surface area contributed by atoms with Crippen LogP contribution in [0.1, 0.15) is 42.2 Å². The first-order valence-corrected chi connectivity index (χ1v) is 11.8. The van der Waals surface area contributed by atoms with E-state index in [4.69, 9.17) is 15.2 Å². The number of benzene rings is 1. The summed E-state index contributed by atoms with van der Waals surface area (Å²) in [6.45, 7) is 2.74. The van der Waals surface area contributed by atoms with Crippen LogP contribution >= 0.6 is 11.8 Å². The van der Waals surface area contributed by atoms with E-state index in [9.17, 15) is 9.18 Å². The van der Waals surface area contributed by atoms with E-state index in [0.717, 1.165) is 18.9 Å². The fraction of sp³-hybridized carbons (Fsp3) is 0.478. The molecule has 3 atom stereocenters. The van der Waals surface area contributed by atoms with Crippen molar-refractivity contribution in [2.75, 3.05) is 25.6 Å². The Morgan fingerprint density at radius 1 is 1.29 bits per heavy atom. The van der Waals surface area contributed by atoms with Crippen LogP contribution in [0.5, 0.6) is 5.88 Å². The van der Waals surface area contributed by atoms with Crippen molar-refractivity contribution < 1.29 is 23.0 Å². The molecule has 2 aliphatic carbocycles. The van der Waals surface area contributed by atoms with Crippen molar-refractivity contribution in [3.8, 4) is 5.88 Å². The molecule has 0 bridgehead atoms. The van der Waals surface area contributed by atoms with Gasteiger partial charge in [-0.05, 0) is 38.2 Å². The maximum absolute atomic E-state index is 15.0. The Kier molecular flexibility index (Phi) is 5.71. The molecule has 0 saturated heterocycles. The smallest absolute Gasteiger partial charge is 0.275 e. The molecular formula is C23H25F2N5O3S. The van der Waals surface area contributed by atoms with E-state index < -0.39 is 23.1 Å². The number of hydrogen-bond donors (Lipinski definition) is 2. The monoisotopic (exact) mass is 489 g/mol. The SMILES string of the molecule is COC[C@]12C[C@H]1[C@@](C)(c1cc(NC(=O)c3cnc(OCC4CC4)cn3)cc(F)c1F)N=C(N)S2. The molecule has 0 spiro atoms. The number of hydrogen-bond acceptors (Lipinski definition) is 8. The van der Waals surface area contributed by atoms with Gasteiger partial charge in [0.2, 0.25) is 5.88 Å². The lowest BCUT2D eigenvalue weighted by molar-refractivity contribution is 0.102. The molecule has 3 N–H and O–H groups in total.